The lowest BCUT2D eigenvalue weighted by Crippen LogP contribution is -2.15. The number of nitrogens with one attached hydrogen (secondary N) is 1. The van der Waals surface area contributed by atoms with Crippen LogP contribution < -0.4 is 5.32 Å². The molecule has 0 bridgehead atoms. The van der Waals surface area contributed by atoms with Crippen LogP contribution in [0.25, 0.3) is 0 Å². The van der Waals surface area contributed by atoms with E-state index in [1.54, 1.807) is 11.8 Å². The number of benzene rings is 3. The Morgan fingerprint density at radius 3 is 2.35 bits per heavy atom. The summed E-state index contributed by atoms with van der Waals surface area (Å²) in [4.78, 5) is 12.4. The average molecular weight is 382 g/mol. The lowest BCUT2D eigenvalue weighted by Gasteiger charge is -2.18. The lowest BCUT2D eigenvalue weighted by atomic mass is 10.0. The zero-order valence-electron chi connectivity index (χ0n) is 14.5. The van der Waals surface area contributed by atoms with Gasteiger partial charge in [-0.05, 0) is 47.9 Å². The van der Waals surface area contributed by atoms with Crippen LogP contribution in [0.5, 0.6) is 0 Å². The molecule has 2 nitrogen and oxygen atoms in total. The van der Waals surface area contributed by atoms with Gasteiger partial charge >= 0.3 is 0 Å². The van der Waals surface area contributed by atoms with Crippen molar-refractivity contribution in [2.75, 3.05) is 11.1 Å². The van der Waals surface area contributed by atoms with E-state index < -0.39 is 0 Å². The number of hydrogen-bond acceptors (Lipinski definition) is 2. The third kappa shape index (κ3) is 5.13. The molecule has 0 fully saturated rings. The molecule has 0 aliphatic heterocycles. The fourth-order valence-corrected chi connectivity index (χ4v) is 3.94. The first kappa shape index (κ1) is 18.6. The molecule has 3 rings (SSSR count). The second kappa shape index (κ2) is 8.93. The van der Waals surface area contributed by atoms with Crippen LogP contribution in [0.2, 0.25) is 5.02 Å². The van der Waals surface area contributed by atoms with Gasteiger partial charge in [-0.2, -0.15) is 0 Å². The van der Waals surface area contributed by atoms with Gasteiger partial charge in [-0.1, -0.05) is 66.2 Å². The number of carbonyl (C=O) groups excluding carboxylic acids is 1. The summed E-state index contributed by atoms with van der Waals surface area (Å²) in [6.45, 7) is 2.01. The minimum Gasteiger partial charge on any atom is -0.325 e. The minimum absolute atomic E-state index is 0.00417. The molecule has 1 amide bonds. The first-order chi connectivity index (χ1) is 12.6. The summed E-state index contributed by atoms with van der Waals surface area (Å²) in [6, 6.07) is 25.9. The topological polar surface area (TPSA) is 29.1 Å². The monoisotopic (exact) mass is 381 g/mol. The van der Waals surface area contributed by atoms with Crippen LogP contribution in [0.4, 0.5) is 5.69 Å². The van der Waals surface area contributed by atoms with Crippen LogP contribution in [0.3, 0.4) is 0 Å². The zero-order chi connectivity index (χ0) is 18.4. The van der Waals surface area contributed by atoms with E-state index in [4.69, 9.17) is 11.6 Å². The summed E-state index contributed by atoms with van der Waals surface area (Å²) in [5.41, 5.74) is 4.26. The van der Waals surface area contributed by atoms with Crippen molar-refractivity contribution < 1.29 is 4.79 Å². The Morgan fingerprint density at radius 2 is 1.65 bits per heavy atom. The number of carbonyl (C=O) groups is 1. The van der Waals surface area contributed by atoms with Crippen LogP contribution in [0, 0.1) is 6.92 Å². The molecule has 3 aromatic carbocycles. The molecule has 0 saturated carbocycles. The molecule has 132 valence electrons. The fourth-order valence-electron chi connectivity index (χ4n) is 2.73. The van der Waals surface area contributed by atoms with Crippen molar-refractivity contribution in [3.63, 3.8) is 0 Å². The molecular formula is C22H20ClNOS. The Morgan fingerprint density at radius 1 is 0.962 bits per heavy atom. The van der Waals surface area contributed by atoms with Crippen LogP contribution in [-0.4, -0.2) is 11.7 Å². The van der Waals surface area contributed by atoms with Gasteiger partial charge in [0.25, 0.3) is 0 Å². The summed E-state index contributed by atoms with van der Waals surface area (Å²) >= 11 is 7.63. The van der Waals surface area contributed by atoms with Gasteiger partial charge in [-0.15, -0.1) is 11.8 Å². The van der Waals surface area contributed by atoms with E-state index in [-0.39, 0.29) is 11.2 Å². The van der Waals surface area contributed by atoms with Gasteiger partial charge in [0, 0.05) is 10.7 Å². The van der Waals surface area contributed by atoms with Gasteiger partial charge in [0.15, 0.2) is 0 Å². The Bertz CT molecular complexity index is 865. The maximum atomic E-state index is 12.4. The van der Waals surface area contributed by atoms with E-state index in [0.29, 0.717) is 10.8 Å². The van der Waals surface area contributed by atoms with Gasteiger partial charge in [-0.25, -0.2) is 0 Å². The van der Waals surface area contributed by atoms with Gasteiger partial charge < -0.3 is 5.32 Å². The highest BCUT2D eigenvalue weighted by atomic mass is 35.5. The third-order valence-electron chi connectivity index (χ3n) is 3.96. The summed E-state index contributed by atoms with van der Waals surface area (Å²) < 4.78 is 0. The number of thioether (sulfide) groups is 1. The Kier molecular flexibility index (Phi) is 6.37. The summed E-state index contributed by atoms with van der Waals surface area (Å²) in [5, 5.41) is 3.76. The Labute approximate surface area is 163 Å². The molecule has 1 N–H and O–H groups in total. The fraction of sp³-hybridized carbons (Fsp3) is 0.136. The van der Waals surface area contributed by atoms with Crippen molar-refractivity contribution in [2.24, 2.45) is 0 Å². The van der Waals surface area contributed by atoms with E-state index >= 15 is 0 Å². The van der Waals surface area contributed by atoms with Crippen molar-refractivity contribution in [1.82, 2.24) is 0 Å². The highest BCUT2D eigenvalue weighted by molar-refractivity contribution is 8.00. The maximum Gasteiger partial charge on any atom is 0.234 e. The van der Waals surface area contributed by atoms with Crippen LogP contribution in [0.15, 0.2) is 78.9 Å². The van der Waals surface area contributed by atoms with E-state index in [0.717, 1.165) is 16.8 Å². The second-order valence-corrected chi connectivity index (χ2v) is 7.60. The number of aryl methyl sites for hydroxylation is 1. The minimum atomic E-state index is -0.00417. The number of anilines is 1. The summed E-state index contributed by atoms with van der Waals surface area (Å²) in [5.74, 6) is 0.367. The van der Waals surface area contributed by atoms with E-state index in [1.165, 1.54) is 5.56 Å². The lowest BCUT2D eigenvalue weighted by molar-refractivity contribution is -0.113. The molecule has 26 heavy (non-hydrogen) atoms. The van der Waals surface area contributed by atoms with Gasteiger partial charge in [0.05, 0.1) is 11.0 Å². The van der Waals surface area contributed by atoms with Crippen molar-refractivity contribution in [3.8, 4) is 0 Å². The van der Waals surface area contributed by atoms with Crippen molar-refractivity contribution >= 4 is 35.0 Å². The molecule has 1 unspecified atom stereocenters. The number of amides is 1. The molecule has 0 aliphatic rings. The molecule has 0 saturated heterocycles. The largest absolute Gasteiger partial charge is 0.325 e. The highest BCUT2D eigenvalue weighted by Gasteiger charge is 2.16. The normalized spacial score (nSPS) is 11.8. The third-order valence-corrected chi connectivity index (χ3v) is 5.52. The number of hydrogen-bond donors (Lipinski definition) is 1. The van der Waals surface area contributed by atoms with E-state index in [2.05, 4.69) is 17.4 Å². The predicted molar refractivity (Wildman–Crippen MR) is 112 cm³/mol. The molecule has 0 heterocycles. The molecule has 1 atom stereocenters. The average Bonchev–Trinajstić information content (AvgIpc) is 2.64. The molecule has 0 aliphatic carbocycles. The maximum absolute atomic E-state index is 12.4. The van der Waals surface area contributed by atoms with Crippen LogP contribution in [0.1, 0.15) is 21.9 Å². The first-order valence-corrected chi connectivity index (χ1v) is 9.83. The predicted octanol–water partition coefficient (Wildman–Crippen LogP) is 6.11. The Balaban J connectivity index is 1.72. The smallest absolute Gasteiger partial charge is 0.234 e. The number of rotatable bonds is 6. The first-order valence-electron chi connectivity index (χ1n) is 8.40. The molecule has 0 aromatic heterocycles. The Hall–Kier alpha value is -2.23. The quantitative estimate of drug-likeness (QED) is 0.558. The van der Waals surface area contributed by atoms with Crippen molar-refractivity contribution in [2.45, 2.75) is 12.2 Å². The van der Waals surface area contributed by atoms with Crippen molar-refractivity contribution in [1.29, 1.82) is 0 Å². The number of halogens is 1. The van der Waals surface area contributed by atoms with Gasteiger partial charge in [0.1, 0.15) is 0 Å². The van der Waals surface area contributed by atoms with Gasteiger partial charge in [-0.3, -0.25) is 4.79 Å². The van der Waals surface area contributed by atoms with Crippen LogP contribution in [-0.2, 0) is 4.79 Å². The van der Waals surface area contributed by atoms with Crippen LogP contribution >= 0.6 is 23.4 Å². The molecule has 0 spiro atoms. The highest BCUT2D eigenvalue weighted by Crippen LogP contribution is 2.36. The molecular weight excluding hydrogens is 362 g/mol. The SMILES string of the molecule is Cc1cccc(NC(=O)CSC(c2ccccc2)c2ccc(Cl)cc2)c1. The van der Waals surface area contributed by atoms with Crippen molar-refractivity contribution in [3.05, 3.63) is 101 Å². The summed E-state index contributed by atoms with van der Waals surface area (Å²) in [6.07, 6.45) is 0. The molecule has 0 radical (unpaired) electrons. The molecule has 4 heteroatoms. The standard InChI is InChI=1S/C22H20ClNOS/c1-16-6-5-9-20(14-16)24-21(25)15-26-22(17-7-3-2-4-8-17)18-10-12-19(23)13-11-18/h2-14,22H,15H2,1H3,(H,24,25). The molecule has 3 aromatic rings. The second-order valence-electron chi connectivity index (χ2n) is 6.07. The van der Waals surface area contributed by atoms with E-state index in [1.807, 2.05) is 73.7 Å². The summed E-state index contributed by atoms with van der Waals surface area (Å²) in [7, 11) is 0. The van der Waals surface area contributed by atoms with Gasteiger partial charge in [0.2, 0.25) is 5.91 Å². The van der Waals surface area contributed by atoms with E-state index in [9.17, 15) is 4.79 Å². The zero-order valence-corrected chi connectivity index (χ0v) is 16.1.